The fourth-order valence-corrected chi connectivity index (χ4v) is 10.2. The third-order valence-corrected chi connectivity index (χ3v) is 12.8. The number of ether oxygens (including phenoxy) is 4. The molecule has 3 N–H and O–H groups in total. The Morgan fingerprint density at radius 2 is 1.58 bits per heavy atom. The Balaban J connectivity index is 1.12. The molecule has 8 atom stereocenters. The lowest BCUT2D eigenvalue weighted by atomic mass is 9.47. The fraction of sp³-hybridized carbons (Fsp3) is 0.875. The molecular weight excluding hydrogens is 634 g/mol. The first-order valence-corrected chi connectivity index (χ1v) is 19.9. The summed E-state index contributed by atoms with van der Waals surface area (Å²) < 4.78 is 21.5. The second kappa shape index (κ2) is 19.5. The predicted molar refractivity (Wildman–Crippen MR) is 196 cm³/mol. The summed E-state index contributed by atoms with van der Waals surface area (Å²) in [6, 6.07) is 0. The first-order valence-electron chi connectivity index (χ1n) is 19.9. The molecule has 0 spiro atoms. The van der Waals surface area contributed by atoms with Crippen LogP contribution in [0, 0.1) is 46.3 Å². The molecule has 10 nitrogen and oxygen atoms in total. The summed E-state index contributed by atoms with van der Waals surface area (Å²) in [6.45, 7) is 16.7. The topological polar surface area (TPSA) is 124 Å². The molecule has 3 saturated carbocycles. The van der Waals surface area contributed by atoms with Crippen LogP contribution in [0.25, 0.3) is 0 Å². The first-order chi connectivity index (χ1) is 24.0. The maximum Gasteiger partial charge on any atom is 0.407 e. The molecule has 50 heavy (non-hydrogen) atoms. The van der Waals surface area contributed by atoms with Crippen LogP contribution in [-0.4, -0.2) is 76.9 Å². The molecule has 4 rings (SSSR count). The van der Waals surface area contributed by atoms with Crippen molar-refractivity contribution in [1.29, 1.82) is 0 Å². The van der Waals surface area contributed by atoms with Crippen LogP contribution in [0.4, 0.5) is 9.59 Å². The van der Waals surface area contributed by atoms with Crippen molar-refractivity contribution in [3.8, 4) is 0 Å². The number of rotatable bonds is 19. The highest BCUT2D eigenvalue weighted by atomic mass is 16.6. The van der Waals surface area contributed by atoms with Gasteiger partial charge in [-0.05, 0) is 97.7 Å². The van der Waals surface area contributed by atoms with Crippen molar-refractivity contribution in [2.75, 3.05) is 52.7 Å². The Bertz CT molecular complexity index is 1130. The van der Waals surface area contributed by atoms with E-state index in [1.807, 2.05) is 6.92 Å². The number of amides is 3. The minimum atomic E-state index is -0.688. The zero-order chi connectivity index (χ0) is 36.1. The molecule has 0 saturated heterocycles. The van der Waals surface area contributed by atoms with Crippen molar-refractivity contribution in [2.24, 2.45) is 46.3 Å². The average Bonchev–Trinajstić information content (AvgIpc) is 3.44. The lowest BCUT2D eigenvalue weighted by Crippen LogP contribution is -2.51. The van der Waals surface area contributed by atoms with E-state index in [0.717, 1.165) is 61.2 Å². The van der Waals surface area contributed by atoms with E-state index in [1.54, 1.807) is 0 Å². The third-order valence-electron chi connectivity index (χ3n) is 12.8. The van der Waals surface area contributed by atoms with Gasteiger partial charge in [-0.2, -0.15) is 0 Å². The van der Waals surface area contributed by atoms with E-state index in [2.05, 4.69) is 56.6 Å². The van der Waals surface area contributed by atoms with Crippen LogP contribution in [0.15, 0.2) is 11.6 Å². The molecular formula is C40H69N3O7. The monoisotopic (exact) mass is 704 g/mol. The zero-order valence-electron chi connectivity index (χ0n) is 32.1. The smallest absolute Gasteiger partial charge is 0.407 e. The second-order valence-electron chi connectivity index (χ2n) is 16.6. The highest BCUT2D eigenvalue weighted by Gasteiger charge is 2.59. The van der Waals surface area contributed by atoms with Crippen molar-refractivity contribution in [2.45, 2.75) is 125 Å². The molecule has 0 heterocycles. The molecule has 4 aliphatic carbocycles. The van der Waals surface area contributed by atoms with E-state index in [0.29, 0.717) is 25.2 Å². The minimum Gasteiger partial charge on any atom is -0.447 e. The van der Waals surface area contributed by atoms with Gasteiger partial charge in [0.1, 0.15) is 12.7 Å². The quantitative estimate of drug-likeness (QED) is 0.0946. The number of alkyl carbamates (subject to hydrolysis) is 2. The number of carbonyl (C=O) groups is 3. The average molecular weight is 704 g/mol. The standard InChI is InChI=1S/C40H69N3O7/c1-7-21-47-22-23-48-24-25-49-37(45)43-27-36(44)41-19-20-42-38(46)50-31-15-17-39(5)30(26-31)11-12-32-34-14-13-33(29(4)10-8-9-28(2)3)40(34,6)18-16-35(32)39/h11,28-29,31-35H,7-10,12-27H2,1-6H3,(H,41,44)(H,42,46)(H,43,45). The van der Waals surface area contributed by atoms with Gasteiger partial charge in [0.25, 0.3) is 0 Å². The van der Waals surface area contributed by atoms with Gasteiger partial charge in [0.05, 0.1) is 26.4 Å². The van der Waals surface area contributed by atoms with Crippen LogP contribution in [0.2, 0.25) is 0 Å². The van der Waals surface area contributed by atoms with Crippen LogP contribution >= 0.6 is 0 Å². The molecule has 0 radical (unpaired) electrons. The van der Waals surface area contributed by atoms with Gasteiger partial charge in [0, 0.05) is 26.1 Å². The molecule has 10 heteroatoms. The molecule has 3 fully saturated rings. The SMILES string of the molecule is CCCOCCOCCOC(=O)NCC(=O)NCCNC(=O)OC1CCC2(C)C(=CCC3C2CCC2(C)C(C(C)CCCC(C)C)CCC32)C1. The van der Waals surface area contributed by atoms with Crippen molar-refractivity contribution in [3.63, 3.8) is 0 Å². The molecule has 0 aromatic rings. The van der Waals surface area contributed by atoms with Gasteiger partial charge in [0.2, 0.25) is 5.91 Å². The zero-order valence-corrected chi connectivity index (χ0v) is 32.1. The summed E-state index contributed by atoms with van der Waals surface area (Å²) in [5.74, 6) is 4.48. The van der Waals surface area contributed by atoms with E-state index < -0.39 is 12.2 Å². The van der Waals surface area contributed by atoms with E-state index in [4.69, 9.17) is 18.9 Å². The molecule has 0 bridgehead atoms. The van der Waals surface area contributed by atoms with Gasteiger partial charge in [-0.1, -0.05) is 72.5 Å². The fourth-order valence-electron chi connectivity index (χ4n) is 10.2. The highest BCUT2D eigenvalue weighted by molar-refractivity contribution is 5.82. The predicted octanol–water partition coefficient (Wildman–Crippen LogP) is 7.41. The molecule has 4 aliphatic rings. The Kier molecular flexibility index (Phi) is 15.8. The van der Waals surface area contributed by atoms with E-state index >= 15 is 0 Å². The summed E-state index contributed by atoms with van der Waals surface area (Å²) in [5.41, 5.74) is 2.20. The lowest BCUT2D eigenvalue weighted by molar-refractivity contribution is -0.120. The molecule has 0 aromatic heterocycles. The number of hydrogen-bond acceptors (Lipinski definition) is 7. The van der Waals surface area contributed by atoms with E-state index in [9.17, 15) is 14.4 Å². The van der Waals surface area contributed by atoms with Crippen LogP contribution in [-0.2, 0) is 23.7 Å². The first kappa shape index (κ1) is 40.4. The Hall–Kier alpha value is -2.33. The van der Waals surface area contributed by atoms with Crippen molar-refractivity contribution < 1.29 is 33.3 Å². The maximum atomic E-state index is 12.6. The van der Waals surface area contributed by atoms with E-state index in [-0.39, 0.29) is 50.3 Å². The Labute approximate surface area is 302 Å². The Morgan fingerprint density at radius 3 is 2.34 bits per heavy atom. The lowest BCUT2D eigenvalue weighted by Gasteiger charge is -2.58. The Morgan fingerprint density at radius 1 is 0.840 bits per heavy atom. The van der Waals surface area contributed by atoms with E-state index in [1.165, 1.54) is 56.9 Å². The van der Waals surface area contributed by atoms with Gasteiger partial charge in [-0.3, -0.25) is 4.79 Å². The van der Waals surface area contributed by atoms with Crippen molar-refractivity contribution in [3.05, 3.63) is 11.6 Å². The summed E-state index contributed by atoms with van der Waals surface area (Å²) in [4.78, 5) is 36.5. The number of nitrogens with one attached hydrogen (secondary N) is 3. The number of carbonyl (C=O) groups excluding carboxylic acids is 3. The van der Waals surface area contributed by atoms with Gasteiger partial charge >= 0.3 is 12.2 Å². The molecule has 8 unspecified atom stereocenters. The summed E-state index contributed by atoms with van der Waals surface area (Å²) in [7, 11) is 0. The number of allylic oxidation sites excluding steroid dienone is 1. The second-order valence-corrected chi connectivity index (χ2v) is 16.6. The van der Waals surface area contributed by atoms with Gasteiger partial charge in [-0.15, -0.1) is 0 Å². The molecule has 0 aromatic carbocycles. The molecule has 0 aliphatic heterocycles. The molecule has 286 valence electrons. The number of fused-ring (bicyclic) bond motifs is 5. The minimum absolute atomic E-state index is 0.0878. The van der Waals surface area contributed by atoms with Gasteiger partial charge < -0.3 is 34.9 Å². The maximum absolute atomic E-state index is 12.6. The van der Waals surface area contributed by atoms with Gasteiger partial charge in [0.15, 0.2) is 0 Å². The van der Waals surface area contributed by atoms with Crippen molar-refractivity contribution >= 4 is 18.1 Å². The van der Waals surface area contributed by atoms with Crippen molar-refractivity contribution in [1.82, 2.24) is 16.0 Å². The largest absolute Gasteiger partial charge is 0.447 e. The van der Waals surface area contributed by atoms with Crippen LogP contribution in [0.3, 0.4) is 0 Å². The normalized spacial score (nSPS) is 30.7. The van der Waals surface area contributed by atoms with Crippen LogP contribution in [0.1, 0.15) is 119 Å². The highest BCUT2D eigenvalue weighted by Crippen LogP contribution is 2.67. The van der Waals surface area contributed by atoms with Crippen LogP contribution in [0.5, 0.6) is 0 Å². The third kappa shape index (κ3) is 10.8. The van der Waals surface area contributed by atoms with Gasteiger partial charge in [-0.25, -0.2) is 9.59 Å². The summed E-state index contributed by atoms with van der Waals surface area (Å²) in [6.07, 6.45) is 15.8. The summed E-state index contributed by atoms with van der Waals surface area (Å²) in [5, 5.41) is 7.85. The van der Waals surface area contributed by atoms with Crippen LogP contribution < -0.4 is 16.0 Å². The molecule has 3 amide bonds. The number of hydrogen-bond donors (Lipinski definition) is 3. The summed E-state index contributed by atoms with van der Waals surface area (Å²) >= 11 is 0.